The summed E-state index contributed by atoms with van der Waals surface area (Å²) in [6.07, 6.45) is 1.10. The maximum absolute atomic E-state index is 14.1. The normalized spacial score (nSPS) is 12.9. The quantitative estimate of drug-likeness (QED) is 0.270. The minimum atomic E-state index is -4.16. The van der Waals surface area contributed by atoms with Crippen molar-refractivity contribution in [1.82, 2.24) is 10.2 Å². The zero-order chi connectivity index (χ0) is 30.3. The Morgan fingerprint density at radius 1 is 0.878 bits per heavy atom. The Hall–Kier alpha value is -3.36. The van der Waals surface area contributed by atoms with E-state index in [1.165, 1.54) is 17.0 Å². The number of nitrogens with zero attached hydrogens (tertiary/aromatic N) is 2. The van der Waals surface area contributed by atoms with Gasteiger partial charge in [0.2, 0.25) is 11.8 Å². The minimum absolute atomic E-state index is 0.0548. The Kier molecular flexibility index (Phi) is 11.0. The van der Waals surface area contributed by atoms with Gasteiger partial charge in [0.15, 0.2) is 0 Å². The van der Waals surface area contributed by atoms with E-state index in [9.17, 15) is 18.0 Å². The average molecular weight is 598 g/mol. The molecule has 7 nitrogen and oxygen atoms in total. The van der Waals surface area contributed by atoms with Gasteiger partial charge in [-0.05, 0) is 75.9 Å². The monoisotopic (exact) mass is 597 g/mol. The van der Waals surface area contributed by atoms with Crippen LogP contribution in [0.3, 0.4) is 0 Å². The minimum Gasteiger partial charge on any atom is -0.352 e. The number of nitrogens with one attached hydrogen (secondary N) is 1. The second kappa shape index (κ2) is 14.0. The molecule has 1 N–H and O–H groups in total. The van der Waals surface area contributed by atoms with Crippen LogP contribution in [0.15, 0.2) is 71.6 Å². The van der Waals surface area contributed by atoms with Gasteiger partial charge >= 0.3 is 0 Å². The van der Waals surface area contributed by atoms with Gasteiger partial charge in [-0.25, -0.2) is 8.42 Å². The number of hydrogen-bond donors (Lipinski definition) is 1. The second-order valence-electron chi connectivity index (χ2n) is 10.5. The highest BCUT2D eigenvalue weighted by atomic mass is 35.5. The molecule has 3 aromatic rings. The summed E-state index contributed by atoms with van der Waals surface area (Å²) in [6.45, 7) is 11.0. The van der Waals surface area contributed by atoms with Crippen LogP contribution in [0.4, 0.5) is 5.69 Å². The third-order valence-corrected chi connectivity index (χ3v) is 9.39. The lowest BCUT2D eigenvalue weighted by Gasteiger charge is -2.34. The molecule has 3 rings (SSSR count). The Labute approximate surface area is 249 Å². The summed E-state index contributed by atoms with van der Waals surface area (Å²) < 4.78 is 29.0. The van der Waals surface area contributed by atoms with E-state index in [1.54, 1.807) is 30.3 Å². The van der Waals surface area contributed by atoms with Crippen molar-refractivity contribution in [1.29, 1.82) is 0 Å². The number of aryl methyl sites for hydroxylation is 3. The van der Waals surface area contributed by atoms with Gasteiger partial charge in [0.05, 0.1) is 10.6 Å². The van der Waals surface area contributed by atoms with Gasteiger partial charge < -0.3 is 10.2 Å². The maximum atomic E-state index is 14.1. The summed E-state index contributed by atoms with van der Waals surface area (Å²) >= 11 is 6.40. The molecule has 0 spiro atoms. The number of halogens is 1. The molecule has 0 aromatic heterocycles. The zero-order valence-electron chi connectivity index (χ0n) is 24.6. The number of hydrogen-bond acceptors (Lipinski definition) is 4. The van der Waals surface area contributed by atoms with Crippen molar-refractivity contribution in [2.45, 2.75) is 77.9 Å². The lowest BCUT2D eigenvalue weighted by atomic mass is 10.1. The van der Waals surface area contributed by atoms with Crippen molar-refractivity contribution in [2.24, 2.45) is 0 Å². The molecule has 0 saturated carbocycles. The molecule has 0 unspecified atom stereocenters. The van der Waals surface area contributed by atoms with Crippen molar-refractivity contribution >= 4 is 39.1 Å². The zero-order valence-corrected chi connectivity index (χ0v) is 26.2. The van der Waals surface area contributed by atoms with Gasteiger partial charge in [0.25, 0.3) is 10.0 Å². The molecule has 0 saturated heterocycles. The highest BCUT2D eigenvalue weighted by molar-refractivity contribution is 7.92. The average Bonchev–Trinajstić information content (AvgIpc) is 2.94. The standard InChI is InChI=1S/C32H40ClN3O4S/c1-7-25(6)34-32(38)30(8-2)35(20-26-14-9-22(3)10-15-26)31(37)21-36(27-16-13-24(5)29(33)19-27)41(39,40)28-17-11-23(4)12-18-28/h9-19,25,30H,7-8,20-21H2,1-6H3,(H,34,38)/t25-,30+/m1/s1. The van der Waals surface area contributed by atoms with E-state index in [-0.39, 0.29) is 29.1 Å². The lowest BCUT2D eigenvalue weighted by Crippen LogP contribution is -2.53. The first kappa shape index (κ1) is 32.2. The Balaban J connectivity index is 2.08. The largest absolute Gasteiger partial charge is 0.352 e. The number of amides is 2. The molecule has 0 bridgehead atoms. The van der Waals surface area contributed by atoms with Gasteiger partial charge in [0.1, 0.15) is 12.6 Å². The number of rotatable bonds is 12. The summed E-state index contributed by atoms with van der Waals surface area (Å²) in [5, 5.41) is 3.37. The summed E-state index contributed by atoms with van der Waals surface area (Å²) in [5.74, 6) is -0.766. The van der Waals surface area contributed by atoms with Crippen LogP contribution in [-0.4, -0.2) is 43.8 Å². The first-order valence-electron chi connectivity index (χ1n) is 13.9. The number of carbonyl (C=O) groups excluding carboxylic acids is 2. The third kappa shape index (κ3) is 8.11. The van der Waals surface area contributed by atoms with Crippen LogP contribution in [0.1, 0.15) is 55.9 Å². The fourth-order valence-corrected chi connectivity index (χ4v) is 5.93. The van der Waals surface area contributed by atoms with Crippen molar-refractivity contribution in [3.63, 3.8) is 0 Å². The van der Waals surface area contributed by atoms with Gasteiger partial charge in [0, 0.05) is 17.6 Å². The molecule has 0 fully saturated rings. The molecule has 2 amide bonds. The predicted molar refractivity (Wildman–Crippen MR) is 166 cm³/mol. The fraction of sp³-hybridized carbons (Fsp3) is 0.375. The lowest BCUT2D eigenvalue weighted by molar-refractivity contribution is -0.140. The second-order valence-corrected chi connectivity index (χ2v) is 12.8. The highest BCUT2D eigenvalue weighted by Gasteiger charge is 2.34. The molecule has 41 heavy (non-hydrogen) atoms. The van der Waals surface area contributed by atoms with Gasteiger partial charge in [-0.2, -0.15) is 0 Å². The molecule has 0 radical (unpaired) electrons. The van der Waals surface area contributed by atoms with Gasteiger partial charge in [-0.1, -0.05) is 79.0 Å². The van der Waals surface area contributed by atoms with E-state index in [4.69, 9.17) is 11.6 Å². The Morgan fingerprint density at radius 3 is 2.00 bits per heavy atom. The van der Waals surface area contributed by atoms with Crippen LogP contribution >= 0.6 is 11.6 Å². The first-order chi connectivity index (χ1) is 19.4. The van der Waals surface area contributed by atoms with E-state index < -0.39 is 28.5 Å². The first-order valence-corrected chi connectivity index (χ1v) is 15.7. The molecule has 0 aliphatic heterocycles. The highest BCUT2D eigenvalue weighted by Crippen LogP contribution is 2.29. The Bertz CT molecular complexity index is 1460. The van der Waals surface area contributed by atoms with Gasteiger partial charge in [-0.15, -0.1) is 0 Å². The van der Waals surface area contributed by atoms with Crippen LogP contribution in [0.25, 0.3) is 0 Å². The summed E-state index contributed by atoms with van der Waals surface area (Å²) in [7, 11) is -4.16. The smallest absolute Gasteiger partial charge is 0.264 e. The van der Waals surface area contributed by atoms with E-state index in [0.29, 0.717) is 11.4 Å². The number of benzene rings is 3. The SMILES string of the molecule is CC[C@@H](C)NC(=O)[C@H](CC)N(Cc1ccc(C)cc1)C(=O)CN(c1ccc(C)c(Cl)c1)S(=O)(=O)c1ccc(C)cc1. The molecule has 9 heteroatoms. The fourth-order valence-electron chi connectivity index (χ4n) is 4.35. The molecule has 0 aliphatic rings. The summed E-state index contributed by atoms with van der Waals surface area (Å²) in [6, 6.07) is 18.2. The molecule has 2 atom stereocenters. The topological polar surface area (TPSA) is 86.8 Å². The molecule has 0 aliphatic carbocycles. The van der Waals surface area contributed by atoms with Crippen LogP contribution in [0.5, 0.6) is 0 Å². The van der Waals surface area contributed by atoms with E-state index in [2.05, 4.69) is 5.32 Å². The van der Waals surface area contributed by atoms with Crippen molar-refractivity contribution in [3.8, 4) is 0 Å². The van der Waals surface area contributed by atoms with Crippen LogP contribution in [0, 0.1) is 20.8 Å². The molecular weight excluding hydrogens is 558 g/mol. The molecular formula is C32H40ClN3O4S. The third-order valence-electron chi connectivity index (χ3n) is 7.19. The summed E-state index contributed by atoms with van der Waals surface area (Å²) in [5.41, 5.74) is 3.86. The van der Waals surface area contributed by atoms with E-state index in [1.807, 2.05) is 65.8 Å². The van der Waals surface area contributed by atoms with E-state index >= 15 is 0 Å². The molecule has 220 valence electrons. The number of sulfonamides is 1. The van der Waals surface area contributed by atoms with Gasteiger partial charge in [-0.3, -0.25) is 13.9 Å². The Morgan fingerprint density at radius 2 is 1.46 bits per heavy atom. The van der Waals surface area contributed by atoms with Crippen LogP contribution in [-0.2, 0) is 26.2 Å². The predicted octanol–water partition coefficient (Wildman–Crippen LogP) is 6.18. The van der Waals surface area contributed by atoms with Crippen molar-refractivity contribution < 1.29 is 18.0 Å². The van der Waals surface area contributed by atoms with Crippen molar-refractivity contribution in [2.75, 3.05) is 10.8 Å². The van der Waals surface area contributed by atoms with Crippen molar-refractivity contribution in [3.05, 3.63) is 94.0 Å². The molecule has 0 heterocycles. The number of carbonyl (C=O) groups is 2. The summed E-state index contributed by atoms with van der Waals surface area (Å²) in [4.78, 5) is 29.1. The number of anilines is 1. The maximum Gasteiger partial charge on any atom is 0.264 e. The molecule has 3 aromatic carbocycles. The van der Waals surface area contributed by atoms with Crippen LogP contribution in [0.2, 0.25) is 5.02 Å². The van der Waals surface area contributed by atoms with E-state index in [0.717, 1.165) is 33.0 Å². The van der Waals surface area contributed by atoms with Crippen LogP contribution < -0.4 is 9.62 Å².